The average Bonchev–Trinajstić information content (AvgIpc) is 3.41. The van der Waals surface area contributed by atoms with Gasteiger partial charge in [-0.05, 0) is 49.1 Å². The molecule has 208 valence electrons. The number of rotatable bonds is 5. The van der Waals surface area contributed by atoms with Crippen molar-refractivity contribution in [3.8, 4) is 10.4 Å². The largest absolute Gasteiger partial charge is 0.433 e. The molecule has 5 rings (SSSR count). The Bertz CT molecular complexity index is 1320. The molecule has 0 spiro atoms. The third-order valence-electron chi connectivity index (χ3n) is 7.28. The SMILES string of the molecule is Cc1cc(Nc2nccc(C(F)(F)F)n2)cc(-c2cnc(C3(O)CCN(C(=O)NC4CCCCC4)CC3)s2)c1. The van der Waals surface area contributed by atoms with E-state index in [4.69, 9.17) is 0 Å². The van der Waals surface area contributed by atoms with Crippen molar-refractivity contribution >= 4 is 29.0 Å². The van der Waals surface area contributed by atoms with Crippen LogP contribution in [0.4, 0.5) is 29.6 Å². The van der Waals surface area contributed by atoms with Crippen molar-refractivity contribution in [3.05, 3.63) is 52.9 Å². The molecule has 1 aliphatic carbocycles. The highest BCUT2D eigenvalue weighted by Crippen LogP contribution is 2.39. The lowest BCUT2D eigenvalue weighted by Gasteiger charge is -2.37. The number of hydrogen-bond donors (Lipinski definition) is 3. The summed E-state index contributed by atoms with van der Waals surface area (Å²) in [5.41, 5.74) is 0.0801. The molecule has 8 nitrogen and oxygen atoms in total. The predicted molar refractivity (Wildman–Crippen MR) is 143 cm³/mol. The third kappa shape index (κ3) is 6.50. The zero-order valence-electron chi connectivity index (χ0n) is 21.6. The molecule has 0 bridgehead atoms. The number of aliphatic hydroxyl groups is 1. The number of anilines is 2. The smallest absolute Gasteiger partial charge is 0.383 e. The molecule has 39 heavy (non-hydrogen) atoms. The maximum absolute atomic E-state index is 13.0. The van der Waals surface area contributed by atoms with E-state index in [1.54, 1.807) is 23.2 Å². The molecule has 0 radical (unpaired) electrons. The van der Waals surface area contributed by atoms with Gasteiger partial charge in [0.1, 0.15) is 16.3 Å². The Morgan fingerprint density at radius 2 is 1.87 bits per heavy atom. The van der Waals surface area contributed by atoms with Crippen molar-refractivity contribution in [2.45, 2.75) is 69.7 Å². The van der Waals surface area contributed by atoms with Crippen LogP contribution in [-0.4, -0.2) is 50.1 Å². The maximum atomic E-state index is 13.0. The highest BCUT2D eigenvalue weighted by Gasteiger charge is 2.38. The monoisotopic (exact) mass is 560 g/mol. The molecule has 3 aromatic rings. The number of nitrogens with zero attached hydrogens (tertiary/aromatic N) is 4. The number of halogens is 3. The molecule has 3 N–H and O–H groups in total. The summed E-state index contributed by atoms with van der Waals surface area (Å²) in [6.45, 7) is 2.77. The molecule has 2 aromatic heterocycles. The van der Waals surface area contributed by atoms with Gasteiger partial charge in [0.25, 0.3) is 0 Å². The highest BCUT2D eigenvalue weighted by atomic mass is 32.1. The lowest BCUT2D eigenvalue weighted by Crippen LogP contribution is -2.51. The molecular weight excluding hydrogens is 529 g/mol. The van der Waals surface area contributed by atoms with E-state index in [2.05, 4.69) is 25.6 Å². The van der Waals surface area contributed by atoms with Crippen LogP contribution in [0.5, 0.6) is 0 Å². The zero-order valence-corrected chi connectivity index (χ0v) is 22.4. The number of aromatic nitrogens is 3. The van der Waals surface area contributed by atoms with Crippen LogP contribution >= 0.6 is 11.3 Å². The fourth-order valence-corrected chi connectivity index (χ4v) is 6.18. The van der Waals surface area contributed by atoms with Crippen LogP contribution in [0.15, 0.2) is 36.7 Å². The zero-order chi connectivity index (χ0) is 27.6. The van der Waals surface area contributed by atoms with Crippen LogP contribution in [-0.2, 0) is 11.8 Å². The van der Waals surface area contributed by atoms with Crippen LogP contribution < -0.4 is 10.6 Å². The summed E-state index contributed by atoms with van der Waals surface area (Å²) in [6, 6.07) is 6.52. The van der Waals surface area contributed by atoms with Crippen LogP contribution in [0.2, 0.25) is 0 Å². The minimum atomic E-state index is -4.56. The fourth-order valence-electron chi connectivity index (χ4n) is 5.13. The second kappa shape index (κ2) is 11.1. The molecule has 12 heteroatoms. The number of carbonyl (C=O) groups excluding carboxylic acids is 1. The molecule has 2 fully saturated rings. The molecule has 0 atom stereocenters. The topological polar surface area (TPSA) is 103 Å². The number of likely N-dealkylation sites (tertiary alicyclic amines) is 1. The van der Waals surface area contributed by atoms with E-state index in [9.17, 15) is 23.1 Å². The number of nitrogens with one attached hydrogen (secondary N) is 2. The molecule has 1 aromatic carbocycles. The first-order valence-corrected chi connectivity index (χ1v) is 13.9. The van der Waals surface area contributed by atoms with E-state index in [0.717, 1.165) is 54.0 Å². The Hall–Kier alpha value is -3.25. The number of piperidine rings is 1. The quantitative estimate of drug-likeness (QED) is 0.354. The Balaban J connectivity index is 1.26. The van der Waals surface area contributed by atoms with Crippen LogP contribution in [0.3, 0.4) is 0 Å². The van der Waals surface area contributed by atoms with Crippen molar-refractivity contribution in [3.63, 3.8) is 0 Å². The number of thiazole rings is 1. The molecule has 3 heterocycles. The van der Waals surface area contributed by atoms with Gasteiger partial charge in [0.05, 0.1) is 4.88 Å². The van der Waals surface area contributed by atoms with Gasteiger partial charge in [0.2, 0.25) is 5.95 Å². The first-order chi connectivity index (χ1) is 18.6. The summed E-state index contributed by atoms with van der Waals surface area (Å²) in [7, 11) is 0. The number of alkyl halides is 3. The number of carbonyl (C=O) groups is 1. The van der Waals surface area contributed by atoms with E-state index < -0.39 is 17.5 Å². The van der Waals surface area contributed by atoms with Crippen molar-refractivity contribution in [2.24, 2.45) is 0 Å². The third-order valence-corrected chi connectivity index (χ3v) is 8.52. The minimum absolute atomic E-state index is 0.0617. The van der Waals surface area contributed by atoms with E-state index in [0.29, 0.717) is 36.6 Å². The second-order valence-corrected chi connectivity index (χ2v) is 11.3. The number of aryl methyl sites for hydroxylation is 1. The average molecular weight is 561 g/mol. The Labute approximate surface area is 228 Å². The number of urea groups is 1. The van der Waals surface area contributed by atoms with Gasteiger partial charge in [-0.2, -0.15) is 13.2 Å². The van der Waals surface area contributed by atoms with E-state index in [-0.39, 0.29) is 18.0 Å². The molecule has 1 saturated heterocycles. The van der Waals surface area contributed by atoms with Gasteiger partial charge >= 0.3 is 12.2 Å². The van der Waals surface area contributed by atoms with Crippen molar-refractivity contribution in [1.29, 1.82) is 0 Å². The Morgan fingerprint density at radius 3 is 2.59 bits per heavy atom. The van der Waals surface area contributed by atoms with Gasteiger partial charge in [0, 0.05) is 50.1 Å². The van der Waals surface area contributed by atoms with Gasteiger partial charge in [-0.1, -0.05) is 25.3 Å². The maximum Gasteiger partial charge on any atom is 0.433 e. The van der Waals surface area contributed by atoms with Crippen molar-refractivity contribution in [1.82, 2.24) is 25.2 Å². The predicted octanol–water partition coefficient (Wildman–Crippen LogP) is 6.00. The van der Waals surface area contributed by atoms with Crippen LogP contribution in [0, 0.1) is 6.92 Å². The summed E-state index contributed by atoms with van der Waals surface area (Å²) in [4.78, 5) is 27.3. The molecule has 0 unspecified atom stereocenters. The van der Waals surface area contributed by atoms with Gasteiger partial charge in [-0.25, -0.2) is 19.7 Å². The normalized spacial score (nSPS) is 18.1. The van der Waals surface area contributed by atoms with E-state index in [1.807, 2.05) is 13.0 Å². The molecule has 1 saturated carbocycles. The van der Waals surface area contributed by atoms with E-state index >= 15 is 0 Å². The van der Waals surface area contributed by atoms with Crippen molar-refractivity contribution in [2.75, 3.05) is 18.4 Å². The van der Waals surface area contributed by atoms with Gasteiger partial charge in [0.15, 0.2) is 0 Å². The van der Waals surface area contributed by atoms with E-state index in [1.165, 1.54) is 17.8 Å². The Morgan fingerprint density at radius 1 is 1.13 bits per heavy atom. The number of amides is 2. The summed E-state index contributed by atoms with van der Waals surface area (Å²) >= 11 is 1.37. The first-order valence-electron chi connectivity index (χ1n) is 13.1. The van der Waals surface area contributed by atoms with Gasteiger partial charge in [-0.3, -0.25) is 0 Å². The summed E-state index contributed by atoms with van der Waals surface area (Å²) < 4.78 is 39.1. The highest BCUT2D eigenvalue weighted by molar-refractivity contribution is 7.15. The summed E-state index contributed by atoms with van der Waals surface area (Å²) in [5.74, 6) is -0.153. The molecule has 2 aliphatic rings. The lowest BCUT2D eigenvalue weighted by molar-refractivity contribution is -0.141. The fraction of sp³-hybridized carbons (Fsp3) is 0.481. The molecule has 2 amide bonds. The molecular formula is C27H31F3N6O2S. The first kappa shape index (κ1) is 27.3. The number of benzene rings is 1. The second-order valence-electron chi connectivity index (χ2n) is 10.3. The summed E-state index contributed by atoms with van der Waals surface area (Å²) in [6.07, 6.45) is 4.55. The Kier molecular flexibility index (Phi) is 7.77. The van der Waals surface area contributed by atoms with Crippen LogP contribution in [0.25, 0.3) is 10.4 Å². The number of hydrogen-bond acceptors (Lipinski definition) is 7. The molecule has 1 aliphatic heterocycles. The van der Waals surface area contributed by atoms with Crippen LogP contribution in [0.1, 0.15) is 61.2 Å². The minimum Gasteiger partial charge on any atom is -0.383 e. The van der Waals surface area contributed by atoms with Gasteiger partial charge < -0.3 is 20.6 Å². The van der Waals surface area contributed by atoms with Crippen molar-refractivity contribution < 1.29 is 23.1 Å². The van der Waals surface area contributed by atoms with Gasteiger partial charge in [-0.15, -0.1) is 11.3 Å². The summed E-state index contributed by atoms with van der Waals surface area (Å²) in [5, 5.41) is 18.0. The standard InChI is InChI=1S/C27H31F3N6O2S/c1-17-13-18(15-20(14-17)33-24-31-10-7-22(35-24)27(28,29)30)21-16-32-23(39-21)26(38)8-11-36(12-9-26)25(37)34-19-5-3-2-4-6-19/h7,10,13-16,19,38H,2-6,8-9,11-12H2,1H3,(H,34,37)(H,31,33,35). The lowest BCUT2D eigenvalue weighted by atomic mass is 9.92.